The highest BCUT2D eigenvalue weighted by molar-refractivity contribution is 14.0. The first-order valence-corrected chi connectivity index (χ1v) is 11.4. The Kier molecular flexibility index (Phi) is 13.1. The van der Waals surface area contributed by atoms with Gasteiger partial charge in [-0.05, 0) is 62.6 Å². The summed E-state index contributed by atoms with van der Waals surface area (Å²) in [6.07, 6.45) is 7.14. The lowest BCUT2D eigenvalue weighted by atomic mass is 9.83. The van der Waals surface area contributed by atoms with Crippen molar-refractivity contribution in [2.75, 3.05) is 26.8 Å². The lowest BCUT2D eigenvalue weighted by molar-refractivity contribution is 0.0939. The van der Waals surface area contributed by atoms with Gasteiger partial charge in [0.1, 0.15) is 0 Å². The van der Waals surface area contributed by atoms with Crippen LogP contribution in [0.1, 0.15) is 75.2 Å². The number of carbonyl (C=O) groups excluding carboxylic acids is 1. The van der Waals surface area contributed by atoms with Crippen LogP contribution in [0.4, 0.5) is 0 Å². The van der Waals surface area contributed by atoms with E-state index in [1.807, 2.05) is 31.2 Å². The largest absolute Gasteiger partial charge is 0.382 e. The van der Waals surface area contributed by atoms with Crippen molar-refractivity contribution in [3.63, 3.8) is 0 Å². The Morgan fingerprint density at radius 3 is 2.42 bits per heavy atom. The molecule has 0 bridgehead atoms. The predicted octanol–water partition coefficient (Wildman–Crippen LogP) is 4.48. The van der Waals surface area contributed by atoms with E-state index in [1.54, 1.807) is 7.05 Å². The quantitative estimate of drug-likeness (QED) is 0.166. The minimum atomic E-state index is -0.0183. The molecule has 31 heavy (non-hydrogen) atoms. The molecule has 0 aromatic heterocycles. The van der Waals surface area contributed by atoms with E-state index in [4.69, 9.17) is 4.74 Å². The minimum absolute atomic E-state index is 0. The van der Waals surface area contributed by atoms with E-state index in [-0.39, 0.29) is 35.9 Å². The Bertz CT molecular complexity index is 673. The monoisotopic (exact) mass is 544 g/mol. The first-order chi connectivity index (χ1) is 14.5. The number of rotatable bonds is 11. The summed E-state index contributed by atoms with van der Waals surface area (Å²) in [5.74, 6) is 0.798. The molecule has 0 spiro atoms. The smallest absolute Gasteiger partial charge is 0.251 e. The summed E-state index contributed by atoms with van der Waals surface area (Å²) < 4.78 is 5.61. The van der Waals surface area contributed by atoms with Gasteiger partial charge in [0.25, 0.3) is 5.91 Å². The highest BCUT2D eigenvalue weighted by Crippen LogP contribution is 2.40. The first-order valence-electron chi connectivity index (χ1n) is 11.4. The molecule has 0 saturated heterocycles. The van der Waals surface area contributed by atoms with Crippen LogP contribution < -0.4 is 16.0 Å². The van der Waals surface area contributed by atoms with Gasteiger partial charge in [0.05, 0.1) is 0 Å². The van der Waals surface area contributed by atoms with Crippen molar-refractivity contribution in [3.8, 4) is 0 Å². The molecule has 2 rings (SSSR count). The molecule has 7 heteroatoms. The number of aliphatic imine (C=N–C) groups is 1. The molecule has 3 N–H and O–H groups in total. The van der Waals surface area contributed by atoms with Crippen LogP contribution in [0, 0.1) is 5.41 Å². The summed E-state index contributed by atoms with van der Waals surface area (Å²) in [4.78, 5) is 16.6. The van der Waals surface area contributed by atoms with Crippen LogP contribution in [-0.4, -0.2) is 44.7 Å². The lowest BCUT2D eigenvalue weighted by Gasteiger charge is -2.30. The topological polar surface area (TPSA) is 74.8 Å². The highest BCUT2D eigenvalue weighted by Gasteiger charge is 2.33. The number of carbonyl (C=O) groups is 1. The molecule has 0 aliphatic heterocycles. The molecule has 176 valence electrons. The van der Waals surface area contributed by atoms with Crippen molar-refractivity contribution in [2.45, 2.75) is 71.9 Å². The molecule has 1 fully saturated rings. The molecular formula is C24H41IN4O2. The standard InChI is InChI=1S/C24H40N4O2.HI/c1-5-19(3)28-22(29)21-11-9-20(10-12-21)17-26-23(25-4)27-18-24(13-7-8-14-24)15-16-30-6-2;/h9-12,19H,5-8,13-18H2,1-4H3,(H,28,29)(H2,25,26,27);1H. The van der Waals surface area contributed by atoms with Crippen molar-refractivity contribution in [1.29, 1.82) is 0 Å². The van der Waals surface area contributed by atoms with E-state index in [2.05, 4.69) is 34.8 Å². The Balaban J connectivity index is 0.00000480. The van der Waals surface area contributed by atoms with Gasteiger partial charge in [-0.25, -0.2) is 0 Å². The molecule has 1 atom stereocenters. The van der Waals surface area contributed by atoms with E-state index in [9.17, 15) is 4.79 Å². The Morgan fingerprint density at radius 2 is 1.84 bits per heavy atom. The van der Waals surface area contributed by atoms with E-state index in [0.717, 1.165) is 44.1 Å². The van der Waals surface area contributed by atoms with E-state index in [1.165, 1.54) is 25.7 Å². The Morgan fingerprint density at radius 1 is 1.16 bits per heavy atom. The maximum Gasteiger partial charge on any atom is 0.251 e. The molecule has 0 heterocycles. The fourth-order valence-corrected chi connectivity index (χ4v) is 3.93. The maximum absolute atomic E-state index is 12.2. The van der Waals surface area contributed by atoms with Gasteiger partial charge in [0.2, 0.25) is 0 Å². The van der Waals surface area contributed by atoms with Crippen molar-refractivity contribution < 1.29 is 9.53 Å². The second kappa shape index (κ2) is 14.7. The SMILES string of the molecule is CCOCCC1(CNC(=NC)NCc2ccc(C(=O)NC(C)CC)cc2)CCCC1.I. The number of benzene rings is 1. The highest BCUT2D eigenvalue weighted by atomic mass is 127. The third kappa shape index (κ3) is 9.35. The number of halogens is 1. The van der Waals surface area contributed by atoms with Gasteiger partial charge < -0.3 is 20.7 Å². The van der Waals surface area contributed by atoms with Gasteiger partial charge in [-0.2, -0.15) is 0 Å². The number of hydrogen-bond acceptors (Lipinski definition) is 3. The van der Waals surface area contributed by atoms with Gasteiger partial charge in [0, 0.05) is 45.0 Å². The van der Waals surface area contributed by atoms with Gasteiger partial charge in [-0.3, -0.25) is 9.79 Å². The number of nitrogens with zero attached hydrogens (tertiary/aromatic N) is 1. The first kappa shape index (κ1) is 27.7. The summed E-state index contributed by atoms with van der Waals surface area (Å²) in [6.45, 7) is 9.34. The summed E-state index contributed by atoms with van der Waals surface area (Å²) in [5, 5.41) is 9.91. The van der Waals surface area contributed by atoms with Crippen LogP contribution in [0.15, 0.2) is 29.3 Å². The van der Waals surface area contributed by atoms with E-state index in [0.29, 0.717) is 17.5 Å². The number of ether oxygens (including phenoxy) is 1. The van der Waals surface area contributed by atoms with E-state index >= 15 is 0 Å². The molecule has 1 aliphatic carbocycles. The molecule has 1 unspecified atom stereocenters. The zero-order valence-electron chi connectivity index (χ0n) is 19.6. The molecule has 1 amide bonds. The zero-order valence-corrected chi connectivity index (χ0v) is 22.0. The van der Waals surface area contributed by atoms with Crippen LogP contribution >= 0.6 is 24.0 Å². The summed E-state index contributed by atoms with van der Waals surface area (Å²) >= 11 is 0. The molecule has 1 aromatic carbocycles. The number of amides is 1. The van der Waals surface area contributed by atoms with Crippen LogP contribution in [0.2, 0.25) is 0 Å². The molecule has 1 aromatic rings. The lowest BCUT2D eigenvalue weighted by Crippen LogP contribution is -2.43. The van der Waals surface area contributed by atoms with Gasteiger partial charge in [-0.15, -0.1) is 24.0 Å². The minimum Gasteiger partial charge on any atom is -0.382 e. The third-order valence-electron chi connectivity index (χ3n) is 6.17. The Labute approximate surface area is 205 Å². The van der Waals surface area contributed by atoms with Crippen LogP contribution in [0.5, 0.6) is 0 Å². The Hall–Kier alpha value is -1.35. The predicted molar refractivity (Wildman–Crippen MR) is 139 cm³/mol. The van der Waals surface area contributed by atoms with Crippen molar-refractivity contribution >= 4 is 35.8 Å². The number of nitrogens with one attached hydrogen (secondary N) is 3. The molecular weight excluding hydrogens is 503 g/mol. The zero-order chi connectivity index (χ0) is 21.8. The van der Waals surface area contributed by atoms with Crippen molar-refractivity contribution in [3.05, 3.63) is 35.4 Å². The molecule has 0 radical (unpaired) electrons. The molecule has 1 aliphatic rings. The van der Waals surface area contributed by atoms with Gasteiger partial charge in [0.15, 0.2) is 5.96 Å². The average Bonchev–Trinajstić information content (AvgIpc) is 3.23. The third-order valence-corrected chi connectivity index (χ3v) is 6.17. The second-order valence-corrected chi connectivity index (χ2v) is 8.41. The van der Waals surface area contributed by atoms with E-state index < -0.39 is 0 Å². The summed E-state index contributed by atoms with van der Waals surface area (Å²) in [5.41, 5.74) is 2.13. The summed E-state index contributed by atoms with van der Waals surface area (Å²) in [6, 6.07) is 7.93. The van der Waals surface area contributed by atoms with Crippen molar-refractivity contribution in [2.24, 2.45) is 10.4 Å². The van der Waals surface area contributed by atoms with Crippen LogP contribution in [0.3, 0.4) is 0 Å². The number of guanidine groups is 1. The normalized spacial score (nSPS) is 16.3. The molecule has 6 nitrogen and oxygen atoms in total. The average molecular weight is 545 g/mol. The fourth-order valence-electron chi connectivity index (χ4n) is 3.93. The van der Waals surface area contributed by atoms with Crippen LogP contribution in [0.25, 0.3) is 0 Å². The molecule has 1 saturated carbocycles. The fraction of sp³-hybridized carbons (Fsp3) is 0.667. The van der Waals surface area contributed by atoms with Crippen LogP contribution in [-0.2, 0) is 11.3 Å². The van der Waals surface area contributed by atoms with Gasteiger partial charge in [-0.1, -0.05) is 31.9 Å². The second-order valence-electron chi connectivity index (χ2n) is 8.41. The number of hydrogen-bond donors (Lipinski definition) is 3. The van der Waals surface area contributed by atoms with Gasteiger partial charge >= 0.3 is 0 Å². The summed E-state index contributed by atoms with van der Waals surface area (Å²) in [7, 11) is 1.80. The maximum atomic E-state index is 12.2. The van der Waals surface area contributed by atoms with Crippen molar-refractivity contribution in [1.82, 2.24) is 16.0 Å².